The Bertz CT molecular complexity index is 489. The third-order valence-corrected chi connectivity index (χ3v) is 5.12. The number of benzene rings is 1. The Hall–Kier alpha value is -0.560. The van der Waals surface area contributed by atoms with Crippen molar-refractivity contribution in [2.75, 3.05) is 18.6 Å². The Morgan fingerprint density at radius 3 is 2.63 bits per heavy atom. The zero-order valence-corrected chi connectivity index (χ0v) is 13.3. The molecule has 0 heterocycles. The first kappa shape index (κ1) is 16.5. The van der Waals surface area contributed by atoms with Crippen LogP contribution in [-0.2, 0) is 16.6 Å². The fourth-order valence-corrected chi connectivity index (χ4v) is 3.96. The third-order valence-electron chi connectivity index (χ3n) is 2.60. The molecule has 0 aliphatic rings. The number of rotatable bonds is 8. The van der Waals surface area contributed by atoms with Crippen LogP contribution in [0.15, 0.2) is 29.2 Å². The molecule has 0 saturated carbocycles. The minimum atomic E-state index is -3.45. The maximum Gasteiger partial charge on any atom is 0.241 e. The predicted octanol–water partition coefficient (Wildman–Crippen LogP) is 1.83. The van der Waals surface area contributed by atoms with Crippen LogP contribution in [0.25, 0.3) is 0 Å². The summed E-state index contributed by atoms with van der Waals surface area (Å²) >= 11 is 1.62. The molecule has 1 aromatic carbocycles. The summed E-state index contributed by atoms with van der Waals surface area (Å²) in [5.74, 6) is 0.759. The van der Waals surface area contributed by atoms with Crippen LogP contribution in [0.4, 0.5) is 0 Å². The second kappa shape index (κ2) is 7.89. The van der Waals surface area contributed by atoms with E-state index >= 15 is 0 Å². The summed E-state index contributed by atoms with van der Waals surface area (Å²) in [5.41, 5.74) is 0.799. The number of hydrogen-bond donors (Lipinski definition) is 2. The van der Waals surface area contributed by atoms with Crippen LogP contribution in [-0.4, -0.2) is 33.0 Å². The van der Waals surface area contributed by atoms with Crippen molar-refractivity contribution in [3.8, 4) is 0 Å². The van der Waals surface area contributed by atoms with E-state index in [2.05, 4.69) is 10.0 Å². The molecule has 0 saturated heterocycles. The standard InChI is InChI=1S/C13H22N2O2S2/c1-4-14-9-12-7-5-6-8-13(12)19(16,17)15-11(2)10-18-3/h5-8,11,14-15H,4,9-10H2,1-3H3. The van der Waals surface area contributed by atoms with Crippen molar-refractivity contribution in [2.45, 2.75) is 31.3 Å². The lowest BCUT2D eigenvalue weighted by Gasteiger charge is -2.15. The molecule has 6 heteroatoms. The molecule has 0 radical (unpaired) electrons. The van der Waals surface area contributed by atoms with E-state index in [1.807, 2.05) is 32.2 Å². The minimum absolute atomic E-state index is 0.0767. The highest BCUT2D eigenvalue weighted by Gasteiger charge is 2.19. The smallest absolute Gasteiger partial charge is 0.241 e. The number of thioether (sulfide) groups is 1. The van der Waals surface area contributed by atoms with Crippen molar-refractivity contribution in [3.63, 3.8) is 0 Å². The van der Waals surface area contributed by atoms with Gasteiger partial charge in [-0.1, -0.05) is 25.1 Å². The average Bonchev–Trinajstić information content (AvgIpc) is 2.36. The summed E-state index contributed by atoms with van der Waals surface area (Å²) in [5, 5.41) is 3.16. The molecular formula is C13H22N2O2S2. The number of nitrogens with one attached hydrogen (secondary N) is 2. The Morgan fingerprint density at radius 1 is 1.32 bits per heavy atom. The van der Waals surface area contributed by atoms with Gasteiger partial charge in [0.2, 0.25) is 10.0 Å². The van der Waals surface area contributed by atoms with E-state index in [9.17, 15) is 8.42 Å². The fraction of sp³-hybridized carbons (Fsp3) is 0.538. The molecule has 108 valence electrons. The zero-order valence-electron chi connectivity index (χ0n) is 11.6. The van der Waals surface area contributed by atoms with Crippen LogP contribution >= 0.6 is 11.8 Å². The summed E-state index contributed by atoms with van der Waals surface area (Å²) in [4.78, 5) is 0.365. The van der Waals surface area contributed by atoms with Crippen LogP contribution in [0.3, 0.4) is 0 Å². The lowest BCUT2D eigenvalue weighted by molar-refractivity contribution is 0.568. The molecule has 1 unspecified atom stereocenters. The highest BCUT2D eigenvalue weighted by atomic mass is 32.2. The van der Waals surface area contributed by atoms with Crippen molar-refractivity contribution < 1.29 is 8.42 Å². The van der Waals surface area contributed by atoms with Gasteiger partial charge in [0.1, 0.15) is 0 Å². The molecule has 19 heavy (non-hydrogen) atoms. The van der Waals surface area contributed by atoms with Crippen molar-refractivity contribution in [1.29, 1.82) is 0 Å². The van der Waals surface area contributed by atoms with E-state index in [-0.39, 0.29) is 6.04 Å². The second-order valence-electron chi connectivity index (χ2n) is 4.37. The van der Waals surface area contributed by atoms with Gasteiger partial charge in [0.05, 0.1) is 4.90 Å². The van der Waals surface area contributed by atoms with Gasteiger partial charge in [-0.2, -0.15) is 11.8 Å². The molecule has 1 aromatic rings. The van der Waals surface area contributed by atoms with Crippen LogP contribution < -0.4 is 10.0 Å². The molecular weight excluding hydrogens is 280 g/mol. The lowest BCUT2D eigenvalue weighted by atomic mass is 10.2. The molecule has 0 fully saturated rings. The molecule has 0 aliphatic carbocycles. The van der Waals surface area contributed by atoms with Gasteiger partial charge in [-0.15, -0.1) is 0 Å². The second-order valence-corrected chi connectivity index (χ2v) is 6.96. The molecule has 0 aromatic heterocycles. The largest absolute Gasteiger partial charge is 0.313 e. The summed E-state index contributed by atoms with van der Waals surface area (Å²) in [6, 6.07) is 7.03. The summed E-state index contributed by atoms with van der Waals surface area (Å²) < 4.78 is 27.4. The van der Waals surface area contributed by atoms with E-state index < -0.39 is 10.0 Å². The number of hydrogen-bond acceptors (Lipinski definition) is 4. The van der Waals surface area contributed by atoms with Crippen molar-refractivity contribution in [1.82, 2.24) is 10.0 Å². The van der Waals surface area contributed by atoms with Gasteiger partial charge in [-0.3, -0.25) is 0 Å². The van der Waals surface area contributed by atoms with E-state index in [0.717, 1.165) is 17.9 Å². The predicted molar refractivity (Wildman–Crippen MR) is 82.0 cm³/mol. The van der Waals surface area contributed by atoms with Gasteiger partial charge in [-0.25, -0.2) is 13.1 Å². The normalized spacial score (nSPS) is 13.4. The Balaban J connectivity index is 2.94. The molecule has 0 spiro atoms. The average molecular weight is 302 g/mol. The van der Waals surface area contributed by atoms with Crippen LogP contribution in [0.5, 0.6) is 0 Å². The maximum absolute atomic E-state index is 12.4. The van der Waals surface area contributed by atoms with Gasteiger partial charge in [0, 0.05) is 18.3 Å². The van der Waals surface area contributed by atoms with Crippen molar-refractivity contribution in [2.24, 2.45) is 0 Å². The van der Waals surface area contributed by atoms with E-state index in [1.165, 1.54) is 0 Å². The van der Waals surface area contributed by atoms with Crippen molar-refractivity contribution in [3.05, 3.63) is 29.8 Å². The molecule has 1 atom stereocenters. The van der Waals surface area contributed by atoms with Crippen LogP contribution in [0, 0.1) is 0 Å². The van der Waals surface area contributed by atoms with Gasteiger partial charge >= 0.3 is 0 Å². The monoisotopic (exact) mass is 302 g/mol. The topological polar surface area (TPSA) is 58.2 Å². The SMILES string of the molecule is CCNCc1ccccc1S(=O)(=O)NC(C)CSC. The fourth-order valence-electron chi connectivity index (χ4n) is 1.78. The number of sulfonamides is 1. The molecule has 0 aliphatic heterocycles. The third kappa shape index (κ3) is 5.14. The molecule has 1 rings (SSSR count). The maximum atomic E-state index is 12.4. The first-order chi connectivity index (χ1) is 9.01. The quantitative estimate of drug-likeness (QED) is 0.769. The van der Waals surface area contributed by atoms with E-state index in [0.29, 0.717) is 11.4 Å². The Kier molecular flexibility index (Phi) is 6.85. The molecule has 2 N–H and O–H groups in total. The summed E-state index contributed by atoms with van der Waals surface area (Å²) in [6.45, 7) is 5.24. The first-order valence-electron chi connectivity index (χ1n) is 6.31. The van der Waals surface area contributed by atoms with Gasteiger partial charge in [0.25, 0.3) is 0 Å². The van der Waals surface area contributed by atoms with Gasteiger partial charge in [-0.05, 0) is 31.4 Å². The van der Waals surface area contributed by atoms with Gasteiger partial charge < -0.3 is 5.32 Å². The van der Waals surface area contributed by atoms with E-state index in [4.69, 9.17) is 0 Å². The van der Waals surface area contributed by atoms with Crippen LogP contribution in [0.2, 0.25) is 0 Å². The Morgan fingerprint density at radius 2 is 2.00 bits per heavy atom. The highest BCUT2D eigenvalue weighted by Crippen LogP contribution is 2.16. The summed E-state index contributed by atoms with van der Waals surface area (Å²) in [6.07, 6.45) is 1.96. The van der Waals surface area contributed by atoms with E-state index in [1.54, 1.807) is 23.9 Å². The molecule has 0 bridgehead atoms. The van der Waals surface area contributed by atoms with Crippen molar-refractivity contribution >= 4 is 21.8 Å². The van der Waals surface area contributed by atoms with Crippen LogP contribution in [0.1, 0.15) is 19.4 Å². The summed E-state index contributed by atoms with van der Waals surface area (Å²) in [7, 11) is -3.45. The minimum Gasteiger partial charge on any atom is -0.313 e. The molecule has 4 nitrogen and oxygen atoms in total. The lowest BCUT2D eigenvalue weighted by Crippen LogP contribution is -2.35. The van der Waals surface area contributed by atoms with Gasteiger partial charge in [0.15, 0.2) is 0 Å². The first-order valence-corrected chi connectivity index (χ1v) is 9.18. The molecule has 0 amide bonds. The zero-order chi connectivity index (χ0) is 14.3. The highest BCUT2D eigenvalue weighted by molar-refractivity contribution is 7.98. The Labute approximate surface area is 120 Å².